The summed E-state index contributed by atoms with van der Waals surface area (Å²) in [7, 11) is 0. The Hall–Kier alpha value is -1.36. The van der Waals surface area contributed by atoms with E-state index in [4.69, 9.17) is 9.84 Å². The zero-order valence-electron chi connectivity index (χ0n) is 11.7. The van der Waals surface area contributed by atoms with E-state index >= 15 is 0 Å². The number of hydrogen-bond donors (Lipinski definition) is 2. The van der Waals surface area contributed by atoms with Gasteiger partial charge in [0.15, 0.2) is 0 Å². The molecule has 2 aromatic carbocycles. The molecule has 110 valence electrons. The quantitative estimate of drug-likeness (QED) is 0.873. The van der Waals surface area contributed by atoms with Gasteiger partial charge in [0.2, 0.25) is 0 Å². The predicted molar refractivity (Wildman–Crippen MR) is 86.3 cm³/mol. The molecule has 3 rings (SSSR count). The van der Waals surface area contributed by atoms with Crippen molar-refractivity contribution in [2.75, 3.05) is 6.54 Å². The maximum atomic E-state index is 9.14. The highest BCUT2D eigenvalue weighted by Gasteiger charge is 2.22. The molecule has 0 radical (unpaired) electrons. The smallest absolute Gasteiger partial charge is 0.123 e. The third-order valence-corrected chi connectivity index (χ3v) is 4.13. The molecular formula is C17H18BrNO2. The number of nitrogens with one attached hydrogen (secondary N) is 1. The second kappa shape index (κ2) is 6.60. The van der Waals surface area contributed by atoms with Crippen LogP contribution < -0.4 is 10.1 Å². The summed E-state index contributed by atoms with van der Waals surface area (Å²) in [5.74, 6) is 0.993. The fourth-order valence-electron chi connectivity index (χ4n) is 2.62. The van der Waals surface area contributed by atoms with Gasteiger partial charge in [-0.05, 0) is 34.9 Å². The Labute approximate surface area is 133 Å². The molecule has 0 fully saturated rings. The van der Waals surface area contributed by atoms with Gasteiger partial charge in [0.25, 0.3) is 0 Å². The molecule has 21 heavy (non-hydrogen) atoms. The van der Waals surface area contributed by atoms with Crippen LogP contribution >= 0.6 is 15.9 Å². The maximum Gasteiger partial charge on any atom is 0.123 e. The molecule has 1 aliphatic heterocycles. The minimum atomic E-state index is 0.0871. The fraction of sp³-hybridized carbons (Fsp3) is 0.294. The number of halogens is 1. The third kappa shape index (κ3) is 3.64. The van der Waals surface area contributed by atoms with E-state index in [1.807, 2.05) is 30.3 Å². The van der Waals surface area contributed by atoms with Crippen LogP contribution in [0.15, 0.2) is 46.9 Å². The number of benzene rings is 2. The third-order valence-electron chi connectivity index (χ3n) is 3.64. The molecule has 1 aliphatic rings. The molecule has 0 saturated heterocycles. The summed E-state index contributed by atoms with van der Waals surface area (Å²) in [4.78, 5) is 0. The SMILES string of the molecule is OCc1cccc(CNCC2Cc3cc(Br)ccc3O2)c1. The standard InChI is InChI=1S/C17H18BrNO2/c18-15-4-5-17-14(7-15)8-16(21-17)10-19-9-12-2-1-3-13(6-12)11-20/h1-7,16,19-20H,8-11H2. The molecule has 4 heteroatoms. The number of aliphatic hydroxyl groups excluding tert-OH is 1. The van der Waals surface area contributed by atoms with Gasteiger partial charge in [-0.15, -0.1) is 0 Å². The molecule has 2 aromatic rings. The van der Waals surface area contributed by atoms with Crippen LogP contribution in [0.25, 0.3) is 0 Å². The first-order chi connectivity index (χ1) is 10.2. The van der Waals surface area contributed by atoms with Gasteiger partial charge in [0.05, 0.1) is 6.61 Å². The van der Waals surface area contributed by atoms with Crippen molar-refractivity contribution < 1.29 is 9.84 Å². The minimum Gasteiger partial charge on any atom is -0.488 e. The molecule has 1 heterocycles. The molecular weight excluding hydrogens is 330 g/mol. The van der Waals surface area contributed by atoms with E-state index < -0.39 is 0 Å². The second-order valence-electron chi connectivity index (χ2n) is 5.30. The summed E-state index contributed by atoms with van der Waals surface area (Å²) >= 11 is 3.49. The molecule has 3 nitrogen and oxygen atoms in total. The first-order valence-electron chi connectivity index (χ1n) is 7.09. The van der Waals surface area contributed by atoms with E-state index in [-0.39, 0.29) is 12.7 Å². The van der Waals surface area contributed by atoms with Crippen LogP contribution in [0.5, 0.6) is 5.75 Å². The number of hydrogen-bond acceptors (Lipinski definition) is 3. The highest BCUT2D eigenvalue weighted by atomic mass is 79.9. The highest BCUT2D eigenvalue weighted by molar-refractivity contribution is 9.10. The van der Waals surface area contributed by atoms with Crippen molar-refractivity contribution in [2.45, 2.75) is 25.7 Å². The molecule has 0 bridgehead atoms. The zero-order chi connectivity index (χ0) is 14.7. The molecule has 0 amide bonds. The van der Waals surface area contributed by atoms with Gasteiger partial charge in [0, 0.05) is 24.0 Å². The summed E-state index contributed by atoms with van der Waals surface area (Å²) in [5, 5.41) is 12.6. The first kappa shape index (κ1) is 14.6. The lowest BCUT2D eigenvalue weighted by Gasteiger charge is -2.12. The number of fused-ring (bicyclic) bond motifs is 1. The monoisotopic (exact) mass is 347 g/mol. The molecule has 1 atom stereocenters. The molecule has 0 aliphatic carbocycles. The van der Waals surface area contributed by atoms with Crippen molar-refractivity contribution in [3.05, 3.63) is 63.6 Å². The average Bonchev–Trinajstić information content (AvgIpc) is 2.89. The largest absolute Gasteiger partial charge is 0.488 e. The van der Waals surface area contributed by atoms with E-state index in [0.29, 0.717) is 0 Å². The zero-order valence-corrected chi connectivity index (χ0v) is 13.3. The predicted octanol–water partition coefficient (Wildman–Crippen LogP) is 3.03. The van der Waals surface area contributed by atoms with E-state index in [1.54, 1.807) is 0 Å². The van der Waals surface area contributed by atoms with Crippen molar-refractivity contribution in [1.82, 2.24) is 5.32 Å². The van der Waals surface area contributed by atoms with Crippen molar-refractivity contribution in [3.8, 4) is 5.75 Å². The molecule has 1 unspecified atom stereocenters. The van der Waals surface area contributed by atoms with E-state index in [0.717, 1.165) is 35.3 Å². The Bertz CT molecular complexity index is 630. The minimum absolute atomic E-state index is 0.0871. The van der Waals surface area contributed by atoms with Crippen LogP contribution in [-0.4, -0.2) is 17.8 Å². The van der Waals surface area contributed by atoms with Crippen LogP contribution in [0.3, 0.4) is 0 Å². The molecule has 0 aromatic heterocycles. The fourth-order valence-corrected chi connectivity index (χ4v) is 3.03. The first-order valence-corrected chi connectivity index (χ1v) is 7.88. The Morgan fingerprint density at radius 2 is 2.05 bits per heavy atom. The summed E-state index contributed by atoms with van der Waals surface area (Å²) < 4.78 is 7.02. The normalized spacial score (nSPS) is 16.6. The van der Waals surface area contributed by atoms with Crippen molar-refractivity contribution in [2.24, 2.45) is 0 Å². The Kier molecular flexibility index (Phi) is 4.58. The Morgan fingerprint density at radius 3 is 2.90 bits per heavy atom. The van der Waals surface area contributed by atoms with E-state index in [9.17, 15) is 0 Å². The lowest BCUT2D eigenvalue weighted by molar-refractivity contribution is 0.227. The van der Waals surface area contributed by atoms with Gasteiger partial charge in [-0.1, -0.05) is 40.2 Å². The van der Waals surface area contributed by atoms with Crippen LogP contribution in [0.1, 0.15) is 16.7 Å². The maximum absolute atomic E-state index is 9.14. The van der Waals surface area contributed by atoms with Crippen LogP contribution in [0, 0.1) is 0 Å². The van der Waals surface area contributed by atoms with Crippen molar-refractivity contribution >= 4 is 15.9 Å². The topological polar surface area (TPSA) is 41.5 Å². The summed E-state index contributed by atoms with van der Waals surface area (Å²) in [5.41, 5.74) is 3.39. The molecule has 0 saturated carbocycles. The van der Waals surface area contributed by atoms with Crippen molar-refractivity contribution in [3.63, 3.8) is 0 Å². The Balaban J connectivity index is 1.51. The summed E-state index contributed by atoms with van der Waals surface area (Å²) in [6, 6.07) is 14.1. The van der Waals surface area contributed by atoms with Crippen molar-refractivity contribution in [1.29, 1.82) is 0 Å². The van der Waals surface area contributed by atoms with E-state index in [2.05, 4.69) is 33.4 Å². The lowest BCUT2D eigenvalue weighted by Crippen LogP contribution is -2.29. The summed E-state index contributed by atoms with van der Waals surface area (Å²) in [6.07, 6.45) is 1.13. The Morgan fingerprint density at radius 1 is 1.19 bits per heavy atom. The number of ether oxygens (including phenoxy) is 1. The number of rotatable bonds is 5. The highest BCUT2D eigenvalue weighted by Crippen LogP contribution is 2.30. The van der Waals surface area contributed by atoms with Gasteiger partial charge in [0.1, 0.15) is 11.9 Å². The van der Waals surface area contributed by atoms with Crippen LogP contribution in [0.2, 0.25) is 0 Å². The van der Waals surface area contributed by atoms with Gasteiger partial charge >= 0.3 is 0 Å². The van der Waals surface area contributed by atoms with E-state index in [1.165, 1.54) is 11.1 Å². The lowest BCUT2D eigenvalue weighted by atomic mass is 10.1. The summed E-state index contributed by atoms with van der Waals surface area (Å²) in [6.45, 7) is 1.69. The molecule has 2 N–H and O–H groups in total. The van der Waals surface area contributed by atoms with Crippen LogP contribution in [-0.2, 0) is 19.6 Å². The average molecular weight is 348 g/mol. The number of aliphatic hydroxyl groups is 1. The van der Waals surface area contributed by atoms with Gasteiger partial charge in [-0.3, -0.25) is 0 Å². The molecule has 0 spiro atoms. The van der Waals surface area contributed by atoms with Gasteiger partial charge in [-0.25, -0.2) is 0 Å². The van der Waals surface area contributed by atoms with Crippen LogP contribution in [0.4, 0.5) is 0 Å². The van der Waals surface area contributed by atoms with Gasteiger partial charge in [-0.2, -0.15) is 0 Å². The van der Waals surface area contributed by atoms with Gasteiger partial charge < -0.3 is 15.2 Å². The second-order valence-corrected chi connectivity index (χ2v) is 6.22.